The number of rotatable bonds is 4. The summed E-state index contributed by atoms with van der Waals surface area (Å²) in [5.41, 5.74) is 2.60. The third-order valence-corrected chi connectivity index (χ3v) is 4.46. The number of nitrogens with zero attached hydrogens (tertiary/aromatic N) is 1. The molecule has 0 aliphatic rings. The zero-order chi connectivity index (χ0) is 14.8. The number of hydrogen-bond acceptors (Lipinski definition) is 5. The number of thiophene rings is 1. The molecule has 2 heterocycles. The Morgan fingerprint density at radius 1 is 1.33 bits per heavy atom. The molecule has 0 aliphatic heterocycles. The van der Waals surface area contributed by atoms with Crippen LogP contribution in [0.3, 0.4) is 0 Å². The van der Waals surface area contributed by atoms with Crippen LogP contribution in [0.5, 0.6) is 0 Å². The van der Waals surface area contributed by atoms with Crippen molar-refractivity contribution in [2.24, 2.45) is 0 Å². The lowest BCUT2D eigenvalue weighted by atomic mass is 10.1. The van der Waals surface area contributed by atoms with Crippen molar-refractivity contribution in [2.75, 3.05) is 0 Å². The van der Waals surface area contributed by atoms with Crippen molar-refractivity contribution >= 4 is 27.4 Å². The first-order valence-electron chi connectivity index (χ1n) is 6.67. The van der Waals surface area contributed by atoms with Gasteiger partial charge in [-0.05, 0) is 30.7 Å². The second kappa shape index (κ2) is 5.69. The first-order chi connectivity index (χ1) is 10.1. The van der Waals surface area contributed by atoms with Crippen LogP contribution < -0.4 is 0 Å². The Morgan fingerprint density at radius 2 is 2.14 bits per heavy atom. The Hall–Kier alpha value is -2.14. The molecule has 0 radical (unpaired) electrons. The first kappa shape index (κ1) is 13.8. The number of benzene rings is 1. The summed E-state index contributed by atoms with van der Waals surface area (Å²) in [6.07, 6.45) is 0.198. The summed E-state index contributed by atoms with van der Waals surface area (Å²) in [7, 11) is 0. The maximum atomic E-state index is 12.0. The Labute approximate surface area is 126 Å². The van der Waals surface area contributed by atoms with Gasteiger partial charge in [0.2, 0.25) is 0 Å². The summed E-state index contributed by atoms with van der Waals surface area (Å²) in [5.74, 6) is 0.408. The fourth-order valence-corrected chi connectivity index (χ4v) is 3.20. The van der Waals surface area contributed by atoms with E-state index in [1.165, 1.54) is 4.70 Å². The average molecular weight is 301 g/mol. The molecule has 3 rings (SSSR count). The number of aromatic nitrogens is 1. The maximum Gasteiger partial charge on any atom is 0.310 e. The Bertz CT molecular complexity index is 768. The highest BCUT2D eigenvalue weighted by Gasteiger charge is 2.15. The van der Waals surface area contributed by atoms with Crippen LogP contribution in [0.1, 0.15) is 22.6 Å². The van der Waals surface area contributed by atoms with E-state index >= 15 is 0 Å². The molecule has 0 atom stereocenters. The van der Waals surface area contributed by atoms with Gasteiger partial charge in [-0.1, -0.05) is 23.4 Å². The average Bonchev–Trinajstić information content (AvgIpc) is 3.03. The quantitative estimate of drug-likeness (QED) is 0.688. The number of hydrogen-bond donors (Lipinski definition) is 0. The van der Waals surface area contributed by atoms with Crippen LogP contribution in [0.25, 0.3) is 10.1 Å². The number of esters is 1. The Balaban J connectivity index is 1.66. The molecule has 0 aliphatic carbocycles. The van der Waals surface area contributed by atoms with Gasteiger partial charge in [0.1, 0.15) is 12.4 Å². The third-order valence-electron chi connectivity index (χ3n) is 3.45. The van der Waals surface area contributed by atoms with Crippen LogP contribution in [0, 0.1) is 13.8 Å². The highest BCUT2D eigenvalue weighted by Crippen LogP contribution is 2.26. The summed E-state index contributed by atoms with van der Waals surface area (Å²) in [4.78, 5) is 12.0. The highest BCUT2D eigenvalue weighted by molar-refractivity contribution is 7.17. The van der Waals surface area contributed by atoms with Crippen LogP contribution in [-0.2, 0) is 22.6 Å². The van der Waals surface area contributed by atoms with E-state index in [1.807, 2.05) is 30.5 Å². The number of carbonyl (C=O) groups excluding carboxylic acids is 1. The molecule has 3 aromatic rings. The van der Waals surface area contributed by atoms with E-state index in [0.717, 1.165) is 22.2 Å². The fourth-order valence-electron chi connectivity index (χ4n) is 2.25. The van der Waals surface area contributed by atoms with Gasteiger partial charge < -0.3 is 9.26 Å². The molecular weight excluding hydrogens is 286 g/mol. The normalized spacial score (nSPS) is 11.0. The molecule has 2 aromatic heterocycles. The summed E-state index contributed by atoms with van der Waals surface area (Å²) in [6, 6.07) is 8.11. The van der Waals surface area contributed by atoms with Gasteiger partial charge in [-0.15, -0.1) is 11.3 Å². The van der Waals surface area contributed by atoms with E-state index < -0.39 is 0 Å². The zero-order valence-corrected chi connectivity index (χ0v) is 12.7. The summed E-state index contributed by atoms with van der Waals surface area (Å²) >= 11 is 1.66. The van der Waals surface area contributed by atoms with Gasteiger partial charge in [-0.3, -0.25) is 4.79 Å². The van der Waals surface area contributed by atoms with Crippen molar-refractivity contribution in [2.45, 2.75) is 26.9 Å². The first-order valence-corrected chi connectivity index (χ1v) is 7.55. The molecule has 0 fully saturated rings. The van der Waals surface area contributed by atoms with E-state index in [2.05, 4.69) is 11.2 Å². The molecule has 108 valence electrons. The maximum absolute atomic E-state index is 12.0. The molecule has 5 heteroatoms. The van der Waals surface area contributed by atoms with Crippen LogP contribution in [-0.4, -0.2) is 11.1 Å². The summed E-state index contributed by atoms with van der Waals surface area (Å²) < 4.78 is 11.6. The van der Waals surface area contributed by atoms with E-state index in [-0.39, 0.29) is 12.4 Å². The van der Waals surface area contributed by atoms with Crippen LogP contribution >= 0.6 is 11.3 Å². The van der Waals surface area contributed by atoms with Gasteiger partial charge in [-0.2, -0.15) is 0 Å². The minimum Gasteiger partial charge on any atom is -0.460 e. The smallest absolute Gasteiger partial charge is 0.310 e. The van der Waals surface area contributed by atoms with Crippen molar-refractivity contribution in [3.05, 3.63) is 52.2 Å². The van der Waals surface area contributed by atoms with E-state index in [1.54, 1.807) is 18.3 Å². The Kier molecular flexibility index (Phi) is 3.75. The standard InChI is InChI=1S/C16H15NO3S/c1-10-14(11(2)20-17-10)7-16(18)19-8-12-9-21-15-6-4-3-5-13(12)15/h3-6,9H,7-8H2,1-2H3. The van der Waals surface area contributed by atoms with Gasteiger partial charge >= 0.3 is 5.97 Å². The van der Waals surface area contributed by atoms with Crippen molar-refractivity contribution in [1.29, 1.82) is 0 Å². The molecule has 0 bridgehead atoms. The van der Waals surface area contributed by atoms with Gasteiger partial charge in [0.15, 0.2) is 0 Å². The number of carbonyl (C=O) groups is 1. The molecule has 0 saturated heterocycles. The van der Waals surface area contributed by atoms with Crippen molar-refractivity contribution in [3.63, 3.8) is 0 Å². The number of ether oxygens (including phenoxy) is 1. The molecule has 4 nitrogen and oxygen atoms in total. The largest absolute Gasteiger partial charge is 0.460 e. The topological polar surface area (TPSA) is 52.3 Å². The summed E-state index contributed by atoms with van der Waals surface area (Å²) in [6.45, 7) is 3.92. The second-order valence-corrected chi connectivity index (χ2v) is 5.81. The zero-order valence-electron chi connectivity index (χ0n) is 11.9. The van der Waals surface area contributed by atoms with Crippen LogP contribution in [0.4, 0.5) is 0 Å². The predicted molar refractivity (Wildman–Crippen MR) is 81.3 cm³/mol. The van der Waals surface area contributed by atoms with E-state index in [0.29, 0.717) is 12.4 Å². The van der Waals surface area contributed by atoms with Gasteiger partial charge in [0.05, 0.1) is 12.1 Å². The van der Waals surface area contributed by atoms with E-state index in [4.69, 9.17) is 9.26 Å². The molecule has 1 aromatic carbocycles. The van der Waals surface area contributed by atoms with Gasteiger partial charge in [-0.25, -0.2) is 0 Å². The third kappa shape index (κ3) is 2.83. The van der Waals surface area contributed by atoms with Crippen LogP contribution in [0.15, 0.2) is 34.2 Å². The van der Waals surface area contributed by atoms with Crippen molar-refractivity contribution in [3.8, 4) is 0 Å². The predicted octanol–water partition coefficient (Wildman–Crippen LogP) is 3.79. The minimum absolute atomic E-state index is 0.198. The highest BCUT2D eigenvalue weighted by atomic mass is 32.1. The Morgan fingerprint density at radius 3 is 2.90 bits per heavy atom. The lowest BCUT2D eigenvalue weighted by Crippen LogP contribution is -2.09. The number of aryl methyl sites for hydroxylation is 2. The molecule has 0 spiro atoms. The second-order valence-electron chi connectivity index (χ2n) is 4.90. The summed E-state index contributed by atoms with van der Waals surface area (Å²) in [5, 5.41) is 7.02. The molecule has 0 saturated carbocycles. The van der Waals surface area contributed by atoms with Gasteiger partial charge in [0, 0.05) is 15.8 Å². The molecule has 0 amide bonds. The number of fused-ring (bicyclic) bond motifs is 1. The fraction of sp³-hybridized carbons (Fsp3) is 0.250. The molecule has 21 heavy (non-hydrogen) atoms. The lowest BCUT2D eigenvalue weighted by Gasteiger charge is -2.04. The van der Waals surface area contributed by atoms with Gasteiger partial charge in [0.25, 0.3) is 0 Å². The van der Waals surface area contributed by atoms with Crippen molar-refractivity contribution in [1.82, 2.24) is 5.16 Å². The molecular formula is C16H15NO3S. The SMILES string of the molecule is Cc1noc(C)c1CC(=O)OCc1csc2ccccc12. The van der Waals surface area contributed by atoms with E-state index in [9.17, 15) is 4.79 Å². The lowest BCUT2D eigenvalue weighted by molar-refractivity contribution is -0.144. The van der Waals surface area contributed by atoms with Crippen LogP contribution in [0.2, 0.25) is 0 Å². The van der Waals surface area contributed by atoms with Crippen molar-refractivity contribution < 1.29 is 14.1 Å². The molecule has 0 unspecified atom stereocenters. The molecule has 0 N–H and O–H groups in total. The minimum atomic E-state index is -0.264. The monoisotopic (exact) mass is 301 g/mol.